The van der Waals surface area contributed by atoms with E-state index in [9.17, 15) is 13.6 Å². The minimum Gasteiger partial charge on any atom is -0.480 e. The molecule has 5 heteroatoms. The number of carboxylic acid groups (broad SMARTS) is 1. The van der Waals surface area contributed by atoms with Gasteiger partial charge in [0.15, 0.2) is 0 Å². The number of nitrogens with one attached hydrogen (secondary N) is 1. The molecule has 0 amide bonds. The van der Waals surface area contributed by atoms with Gasteiger partial charge in [-0.05, 0) is 49.1 Å². The third-order valence-corrected chi connectivity index (χ3v) is 3.04. The lowest BCUT2D eigenvalue weighted by atomic mass is 9.96. The highest BCUT2D eigenvalue weighted by atomic mass is 19.1. The molecule has 0 aliphatic carbocycles. The Hall–Kier alpha value is -1.49. The second kappa shape index (κ2) is 4.79. The third kappa shape index (κ3) is 2.79. The number of hydrogen-bond donors (Lipinski definition) is 2. The first kappa shape index (κ1) is 12.0. The number of carbonyl (C=O) groups is 1. The first-order valence-electron chi connectivity index (χ1n) is 5.46. The van der Waals surface area contributed by atoms with Gasteiger partial charge in [0, 0.05) is 0 Å². The van der Waals surface area contributed by atoms with Gasteiger partial charge in [0.1, 0.15) is 17.7 Å². The van der Waals surface area contributed by atoms with Crippen LogP contribution in [0.4, 0.5) is 8.78 Å². The van der Waals surface area contributed by atoms with Gasteiger partial charge in [0.25, 0.3) is 0 Å². The lowest BCUT2D eigenvalue weighted by Crippen LogP contribution is -2.29. The van der Waals surface area contributed by atoms with Crippen molar-refractivity contribution < 1.29 is 18.7 Å². The zero-order chi connectivity index (χ0) is 12.4. The fourth-order valence-electron chi connectivity index (χ4n) is 2.16. The largest absolute Gasteiger partial charge is 0.480 e. The predicted molar refractivity (Wildman–Crippen MR) is 57.6 cm³/mol. The molecule has 0 aromatic heterocycles. The SMILES string of the molecule is O=C(O)[C@@H]1C[C@H](Cc2cc(F)ccc2F)CN1. The van der Waals surface area contributed by atoms with Crippen LogP contribution in [0, 0.1) is 17.6 Å². The van der Waals surface area contributed by atoms with E-state index in [1.54, 1.807) is 0 Å². The van der Waals surface area contributed by atoms with Gasteiger partial charge in [-0.15, -0.1) is 0 Å². The molecule has 2 N–H and O–H groups in total. The Kier molecular flexibility index (Phi) is 3.38. The first-order chi connectivity index (χ1) is 8.06. The summed E-state index contributed by atoms with van der Waals surface area (Å²) in [6.45, 7) is 0.521. The monoisotopic (exact) mass is 241 g/mol. The van der Waals surface area contributed by atoms with E-state index in [1.165, 1.54) is 6.07 Å². The highest BCUT2D eigenvalue weighted by Crippen LogP contribution is 2.21. The van der Waals surface area contributed by atoms with Crippen LogP contribution in [0.1, 0.15) is 12.0 Å². The van der Waals surface area contributed by atoms with Gasteiger partial charge >= 0.3 is 5.97 Å². The zero-order valence-electron chi connectivity index (χ0n) is 9.12. The molecule has 2 rings (SSSR count). The summed E-state index contributed by atoms with van der Waals surface area (Å²) in [5, 5.41) is 11.6. The van der Waals surface area contributed by atoms with E-state index in [0.717, 1.165) is 12.1 Å². The van der Waals surface area contributed by atoms with Gasteiger partial charge in [-0.3, -0.25) is 4.79 Å². The van der Waals surface area contributed by atoms with Crippen LogP contribution in [-0.4, -0.2) is 23.7 Å². The van der Waals surface area contributed by atoms with Crippen molar-refractivity contribution in [2.75, 3.05) is 6.54 Å². The van der Waals surface area contributed by atoms with Gasteiger partial charge in [-0.1, -0.05) is 0 Å². The van der Waals surface area contributed by atoms with Crippen molar-refractivity contribution in [3.8, 4) is 0 Å². The molecule has 1 fully saturated rings. The van der Waals surface area contributed by atoms with Crippen LogP contribution in [0.3, 0.4) is 0 Å². The molecule has 1 aliphatic rings. The van der Waals surface area contributed by atoms with E-state index in [0.29, 0.717) is 24.9 Å². The van der Waals surface area contributed by atoms with Crippen LogP contribution < -0.4 is 5.32 Å². The van der Waals surface area contributed by atoms with Crippen molar-refractivity contribution in [2.24, 2.45) is 5.92 Å². The summed E-state index contributed by atoms with van der Waals surface area (Å²) in [5.74, 6) is -1.77. The molecule has 1 aromatic rings. The summed E-state index contributed by atoms with van der Waals surface area (Å²) in [5.41, 5.74) is 0.308. The molecular weight excluding hydrogens is 228 g/mol. The highest BCUT2D eigenvalue weighted by Gasteiger charge is 2.29. The van der Waals surface area contributed by atoms with Crippen molar-refractivity contribution in [2.45, 2.75) is 18.9 Å². The Bertz CT molecular complexity index is 437. The maximum Gasteiger partial charge on any atom is 0.320 e. The highest BCUT2D eigenvalue weighted by molar-refractivity contribution is 5.73. The van der Waals surface area contributed by atoms with Crippen LogP contribution in [0.25, 0.3) is 0 Å². The maximum absolute atomic E-state index is 13.4. The topological polar surface area (TPSA) is 49.3 Å². The van der Waals surface area contributed by atoms with E-state index in [1.807, 2.05) is 0 Å². The van der Waals surface area contributed by atoms with Crippen LogP contribution in [0.5, 0.6) is 0 Å². The van der Waals surface area contributed by atoms with Crippen LogP contribution in [-0.2, 0) is 11.2 Å². The second-order valence-corrected chi connectivity index (χ2v) is 4.34. The number of hydrogen-bond acceptors (Lipinski definition) is 2. The average molecular weight is 241 g/mol. The molecule has 1 heterocycles. The van der Waals surface area contributed by atoms with E-state index in [4.69, 9.17) is 5.11 Å². The summed E-state index contributed by atoms with van der Waals surface area (Å²) < 4.78 is 26.3. The summed E-state index contributed by atoms with van der Waals surface area (Å²) in [4.78, 5) is 10.7. The molecule has 17 heavy (non-hydrogen) atoms. The van der Waals surface area contributed by atoms with Gasteiger partial charge in [-0.2, -0.15) is 0 Å². The molecule has 0 radical (unpaired) electrons. The summed E-state index contributed by atoms with van der Waals surface area (Å²) in [6.07, 6.45) is 0.811. The maximum atomic E-state index is 13.4. The molecule has 2 atom stereocenters. The van der Waals surface area contributed by atoms with Gasteiger partial charge < -0.3 is 10.4 Å². The molecule has 1 aromatic carbocycles. The number of carboxylic acids is 1. The van der Waals surface area contributed by atoms with Crippen molar-refractivity contribution in [1.82, 2.24) is 5.32 Å². The Morgan fingerprint density at radius 3 is 2.88 bits per heavy atom. The van der Waals surface area contributed by atoms with Gasteiger partial charge in [0.05, 0.1) is 0 Å². The smallest absolute Gasteiger partial charge is 0.320 e. The van der Waals surface area contributed by atoms with Crippen LogP contribution >= 0.6 is 0 Å². The van der Waals surface area contributed by atoms with E-state index < -0.39 is 23.6 Å². The van der Waals surface area contributed by atoms with Crippen molar-refractivity contribution in [1.29, 1.82) is 0 Å². The number of rotatable bonds is 3. The third-order valence-electron chi connectivity index (χ3n) is 3.04. The number of aliphatic carboxylic acids is 1. The predicted octanol–water partition coefficient (Wildman–Crippen LogP) is 1.57. The van der Waals surface area contributed by atoms with E-state index in [-0.39, 0.29) is 5.92 Å². The summed E-state index contributed by atoms with van der Waals surface area (Å²) in [7, 11) is 0. The Labute approximate surface area is 97.5 Å². The van der Waals surface area contributed by atoms with Crippen molar-refractivity contribution in [3.05, 3.63) is 35.4 Å². The quantitative estimate of drug-likeness (QED) is 0.844. The van der Waals surface area contributed by atoms with Crippen LogP contribution in [0.2, 0.25) is 0 Å². The molecule has 1 aliphatic heterocycles. The minimum absolute atomic E-state index is 0.0346. The normalized spacial score (nSPS) is 23.9. The zero-order valence-corrected chi connectivity index (χ0v) is 9.12. The second-order valence-electron chi connectivity index (χ2n) is 4.34. The van der Waals surface area contributed by atoms with Crippen molar-refractivity contribution >= 4 is 5.97 Å². The molecular formula is C12H13F2NO2. The minimum atomic E-state index is -0.896. The Balaban J connectivity index is 2.02. The molecule has 0 bridgehead atoms. The molecule has 3 nitrogen and oxygen atoms in total. The van der Waals surface area contributed by atoms with Gasteiger partial charge in [-0.25, -0.2) is 8.78 Å². The summed E-state index contributed by atoms with van der Waals surface area (Å²) in [6, 6.07) is 2.77. The summed E-state index contributed by atoms with van der Waals surface area (Å²) >= 11 is 0. The number of benzene rings is 1. The molecule has 0 spiro atoms. The van der Waals surface area contributed by atoms with Gasteiger partial charge in [0.2, 0.25) is 0 Å². The standard InChI is InChI=1S/C12H13F2NO2/c13-9-1-2-10(14)8(5-9)3-7-4-11(12(16)17)15-6-7/h1-2,5,7,11,15H,3-4,6H2,(H,16,17)/t7-,11-/m0/s1. The van der Waals surface area contributed by atoms with E-state index in [2.05, 4.69) is 5.32 Å². The molecule has 0 saturated carbocycles. The molecule has 92 valence electrons. The molecule has 1 saturated heterocycles. The fourth-order valence-corrected chi connectivity index (χ4v) is 2.16. The molecule has 0 unspecified atom stereocenters. The fraction of sp³-hybridized carbons (Fsp3) is 0.417. The lowest BCUT2D eigenvalue weighted by Gasteiger charge is -2.09. The van der Waals surface area contributed by atoms with Crippen molar-refractivity contribution in [3.63, 3.8) is 0 Å². The first-order valence-corrected chi connectivity index (χ1v) is 5.46. The Morgan fingerprint density at radius 1 is 1.47 bits per heavy atom. The Morgan fingerprint density at radius 2 is 2.24 bits per heavy atom. The van der Waals surface area contributed by atoms with Crippen LogP contribution in [0.15, 0.2) is 18.2 Å². The number of halogens is 2. The van der Waals surface area contributed by atoms with E-state index >= 15 is 0 Å². The lowest BCUT2D eigenvalue weighted by molar-refractivity contribution is -0.139. The average Bonchev–Trinajstić information content (AvgIpc) is 2.72.